The second kappa shape index (κ2) is 5.29. The van der Waals surface area contributed by atoms with Crippen LogP contribution in [0.2, 0.25) is 0 Å². The molecule has 0 bridgehead atoms. The molecular formula is C12H15F3N2. The highest BCUT2D eigenvalue weighted by atomic mass is 19.4. The van der Waals surface area contributed by atoms with Gasteiger partial charge in [-0.1, -0.05) is 13.3 Å². The molecule has 1 heterocycles. The Morgan fingerprint density at radius 2 is 2.00 bits per heavy atom. The number of aryl methyl sites for hydroxylation is 1. The van der Waals surface area contributed by atoms with E-state index in [1.807, 2.05) is 13.8 Å². The molecule has 1 aromatic heterocycles. The number of rotatable bonds is 3. The fourth-order valence-corrected chi connectivity index (χ4v) is 1.45. The average molecular weight is 244 g/mol. The molecule has 0 radical (unpaired) electrons. The highest BCUT2D eigenvalue weighted by Crippen LogP contribution is 2.29. The van der Waals surface area contributed by atoms with Crippen molar-refractivity contribution in [1.82, 2.24) is 4.98 Å². The lowest BCUT2D eigenvalue weighted by molar-refractivity contribution is -0.141. The van der Waals surface area contributed by atoms with Crippen molar-refractivity contribution in [2.24, 2.45) is 4.99 Å². The van der Waals surface area contributed by atoms with Gasteiger partial charge >= 0.3 is 6.18 Å². The molecule has 0 fully saturated rings. The predicted molar refractivity (Wildman–Crippen MR) is 61.7 cm³/mol. The van der Waals surface area contributed by atoms with Gasteiger partial charge in [0.1, 0.15) is 5.69 Å². The molecule has 0 aliphatic rings. The number of hydrogen-bond acceptors (Lipinski definition) is 2. The maximum Gasteiger partial charge on any atom is 0.433 e. The Kier molecular flexibility index (Phi) is 4.26. The quantitative estimate of drug-likeness (QED) is 0.727. The Morgan fingerprint density at radius 1 is 1.35 bits per heavy atom. The second-order valence-corrected chi connectivity index (χ2v) is 3.90. The largest absolute Gasteiger partial charge is 0.433 e. The third kappa shape index (κ3) is 3.84. The monoisotopic (exact) mass is 244 g/mol. The third-order valence-electron chi connectivity index (χ3n) is 2.27. The molecule has 94 valence electrons. The van der Waals surface area contributed by atoms with E-state index in [1.54, 1.807) is 0 Å². The van der Waals surface area contributed by atoms with Crippen molar-refractivity contribution >= 4 is 11.4 Å². The van der Waals surface area contributed by atoms with Gasteiger partial charge in [-0.15, -0.1) is 0 Å². The molecular weight excluding hydrogens is 229 g/mol. The first-order chi connectivity index (χ1) is 7.84. The van der Waals surface area contributed by atoms with E-state index in [0.717, 1.165) is 24.6 Å². The number of halogens is 3. The number of aromatic nitrogens is 1. The van der Waals surface area contributed by atoms with Crippen molar-refractivity contribution in [2.45, 2.75) is 39.8 Å². The number of nitrogens with zero attached hydrogens (tertiary/aromatic N) is 2. The first-order valence-corrected chi connectivity index (χ1v) is 5.43. The molecule has 0 unspecified atom stereocenters. The summed E-state index contributed by atoms with van der Waals surface area (Å²) in [6, 6.07) is 2.33. The van der Waals surface area contributed by atoms with Gasteiger partial charge in [-0.05, 0) is 32.4 Å². The van der Waals surface area contributed by atoms with E-state index in [4.69, 9.17) is 0 Å². The van der Waals surface area contributed by atoms with E-state index in [2.05, 4.69) is 9.98 Å². The van der Waals surface area contributed by atoms with Crippen molar-refractivity contribution in [1.29, 1.82) is 0 Å². The van der Waals surface area contributed by atoms with Crippen LogP contribution in [-0.4, -0.2) is 10.7 Å². The van der Waals surface area contributed by atoms with E-state index in [1.165, 1.54) is 13.0 Å². The first kappa shape index (κ1) is 13.7. The molecule has 17 heavy (non-hydrogen) atoms. The van der Waals surface area contributed by atoms with Gasteiger partial charge in [0, 0.05) is 5.71 Å². The molecule has 0 atom stereocenters. The molecule has 5 heteroatoms. The zero-order valence-corrected chi connectivity index (χ0v) is 10.1. The maximum atomic E-state index is 12.4. The van der Waals surface area contributed by atoms with Crippen molar-refractivity contribution in [3.63, 3.8) is 0 Å². The van der Waals surface area contributed by atoms with E-state index >= 15 is 0 Å². The molecule has 0 aromatic carbocycles. The number of pyridine rings is 1. The molecule has 2 nitrogen and oxygen atoms in total. The molecule has 0 aliphatic carbocycles. The lowest BCUT2D eigenvalue weighted by Gasteiger charge is -2.08. The van der Waals surface area contributed by atoms with Gasteiger partial charge in [-0.25, -0.2) is 4.98 Å². The molecule has 0 spiro atoms. The zero-order valence-electron chi connectivity index (χ0n) is 10.1. The van der Waals surface area contributed by atoms with E-state index in [0.29, 0.717) is 11.4 Å². The molecule has 0 aliphatic heterocycles. The summed E-state index contributed by atoms with van der Waals surface area (Å²) in [7, 11) is 0. The summed E-state index contributed by atoms with van der Waals surface area (Å²) in [5, 5.41) is 0. The van der Waals surface area contributed by atoms with Gasteiger partial charge in [0.05, 0.1) is 11.4 Å². The Balaban J connectivity index is 3.02. The summed E-state index contributed by atoms with van der Waals surface area (Å²) < 4.78 is 37.2. The molecule has 0 amide bonds. The summed E-state index contributed by atoms with van der Waals surface area (Å²) in [6.07, 6.45) is -2.60. The van der Waals surface area contributed by atoms with Gasteiger partial charge < -0.3 is 0 Å². The normalized spacial score (nSPS) is 12.9. The van der Waals surface area contributed by atoms with Crippen LogP contribution in [0.3, 0.4) is 0 Å². The molecule has 1 rings (SSSR count). The van der Waals surface area contributed by atoms with Crippen molar-refractivity contribution in [3.05, 3.63) is 23.5 Å². The Morgan fingerprint density at radius 3 is 2.47 bits per heavy atom. The van der Waals surface area contributed by atoms with Crippen LogP contribution in [0, 0.1) is 6.92 Å². The van der Waals surface area contributed by atoms with Gasteiger partial charge in [0.25, 0.3) is 0 Å². The van der Waals surface area contributed by atoms with Crippen LogP contribution < -0.4 is 0 Å². The van der Waals surface area contributed by atoms with Crippen LogP contribution >= 0.6 is 0 Å². The Bertz CT molecular complexity index is 422. The molecule has 1 aromatic rings. The predicted octanol–water partition coefficient (Wildman–Crippen LogP) is 4.30. The fourth-order valence-electron chi connectivity index (χ4n) is 1.45. The minimum atomic E-state index is -4.40. The van der Waals surface area contributed by atoms with Crippen molar-refractivity contribution in [3.8, 4) is 0 Å². The van der Waals surface area contributed by atoms with Gasteiger partial charge in [-0.2, -0.15) is 13.2 Å². The topological polar surface area (TPSA) is 25.2 Å². The van der Waals surface area contributed by atoms with Gasteiger partial charge in [0.2, 0.25) is 0 Å². The highest BCUT2D eigenvalue weighted by Gasteiger charge is 2.32. The minimum absolute atomic E-state index is 0.301. The lowest BCUT2D eigenvalue weighted by atomic mass is 10.2. The molecule has 0 saturated heterocycles. The van der Waals surface area contributed by atoms with E-state index < -0.39 is 11.9 Å². The number of aliphatic imine (C=N–C) groups is 1. The van der Waals surface area contributed by atoms with Crippen LogP contribution in [0.5, 0.6) is 0 Å². The number of hydrogen-bond donors (Lipinski definition) is 0. The smallest absolute Gasteiger partial charge is 0.256 e. The second-order valence-electron chi connectivity index (χ2n) is 3.90. The van der Waals surface area contributed by atoms with Crippen molar-refractivity contribution < 1.29 is 13.2 Å². The molecule has 0 N–H and O–H groups in total. The third-order valence-corrected chi connectivity index (χ3v) is 2.27. The summed E-state index contributed by atoms with van der Waals surface area (Å²) in [5.74, 6) is 0. The van der Waals surface area contributed by atoms with Crippen LogP contribution in [0.1, 0.15) is 38.1 Å². The average Bonchev–Trinajstić information content (AvgIpc) is 2.20. The van der Waals surface area contributed by atoms with Crippen LogP contribution in [0.25, 0.3) is 0 Å². The van der Waals surface area contributed by atoms with Crippen LogP contribution in [0.4, 0.5) is 18.9 Å². The summed E-state index contributed by atoms with van der Waals surface area (Å²) in [4.78, 5) is 7.78. The SMILES string of the molecule is CCCC(C)=Nc1ccc(C(F)(F)F)nc1C. The highest BCUT2D eigenvalue weighted by molar-refractivity contribution is 5.84. The van der Waals surface area contributed by atoms with E-state index in [-0.39, 0.29) is 0 Å². The summed E-state index contributed by atoms with van der Waals surface area (Å²) in [6.45, 7) is 5.42. The summed E-state index contributed by atoms with van der Waals surface area (Å²) >= 11 is 0. The fraction of sp³-hybridized carbons (Fsp3) is 0.500. The zero-order chi connectivity index (χ0) is 13.1. The Hall–Kier alpha value is -1.39. The summed E-state index contributed by atoms with van der Waals surface area (Å²) in [5.41, 5.74) is 0.832. The standard InChI is InChI=1S/C12H15F3N2/c1-4-5-8(2)16-10-6-7-11(12(13,14)15)17-9(10)3/h6-7H,4-5H2,1-3H3. The minimum Gasteiger partial charge on any atom is -0.256 e. The van der Waals surface area contributed by atoms with Gasteiger partial charge in [-0.3, -0.25) is 4.99 Å². The van der Waals surface area contributed by atoms with E-state index in [9.17, 15) is 13.2 Å². The first-order valence-electron chi connectivity index (χ1n) is 5.43. The number of alkyl halides is 3. The van der Waals surface area contributed by atoms with Crippen LogP contribution in [-0.2, 0) is 6.18 Å². The maximum absolute atomic E-state index is 12.4. The lowest BCUT2D eigenvalue weighted by Crippen LogP contribution is -2.08. The Labute approximate surface area is 98.6 Å². The van der Waals surface area contributed by atoms with Crippen molar-refractivity contribution in [2.75, 3.05) is 0 Å². The van der Waals surface area contributed by atoms with Gasteiger partial charge in [0.15, 0.2) is 0 Å². The van der Waals surface area contributed by atoms with Crippen LogP contribution in [0.15, 0.2) is 17.1 Å². The molecule has 0 saturated carbocycles.